The van der Waals surface area contributed by atoms with Gasteiger partial charge in [-0.15, -0.1) is 0 Å². The molecule has 0 radical (unpaired) electrons. The fourth-order valence-corrected chi connectivity index (χ4v) is 9.75. The molecule has 0 amide bonds. The number of carbonyl (C=O) groups excluding carboxylic acids is 3. The molecule has 0 aliphatic heterocycles. The van der Waals surface area contributed by atoms with Crippen LogP contribution in [0.25, 0.3) is 0 Å². The summed E-state index contributed by atoms with van der Waals surface area (Å²) in [5, 5.41) is 0. The molecule has 428 valence electrons. The Bertz CT molecular complexity index is 1220. The van der Waals surface area contributed by atoms with Gasteiger partial charge in [-0.25, -0.2) is 0 Å². The molecule has 0 aromatic heterocycles. The minimum Gasteiger partial charge on any atom is -0.462 e. The maximum absolute atomic E-state index is 12.8. The summed E-state index contributed by atoms with van der Waals surface area (Å²) >= 11 is 0. The number of carbonyl (C=O) groups is 3. The molecule has 0 rings (SSSR count). The van der Waals surface area contributed by atoms with Crippen LogP contribution in [-0.4, -0.2) is 37.2 Å². The fourth-order valence-electron chi connectivity index (χ4n) is 9.75. The number of unbranched alkanes of at least 4 members (excludes halogenated alkanes) is 43. The Balaban J connectivity index is 4.04. The topological polar surface area (TPSA) is 78.9 Å². The van der Waals surface area contributed by atoms with E-state index >= 15 is 0 Å². The standard InChI is InChI=1S/C67H124O6/c1-4-7-10-13-16-18-20-22-24-26-28-30-32-33-34-35-36-38-39-41-43-45-47-49-51-54-57-60-66(69)72-63-64(62-71-65(68)59-56-53-15-12-9-6-3)73-67(70)61-58-55-52-50-48-46-44-42-40-37-31-29-27-25-23-21-19-17-14-11-8-5-2/h20,22,26,28,32-33,64H,4-19,21,23-25,27,29-31,34-63H2,1-3H3/b22-20-,28-26-,33-32-. The Morgan fingerprint density at radius 1 is 0.274 bits per heavy atom. The number of rotatable bonds is 60. The molecule has 0 fully saturated rings. The predicted octanol–water partition coefficient (Wildman–Crippen LogP) is 22.0. The second kappa shape index (κ2) is 62.2. The summed E-state index contributed by atoms with van der Waals surface area (Å²) in [6, 6.07) is 0. The third-order valence-electron chi connectivity index (χ3n) is 14.6. The van der Waals surface area contributed by atoms with Gasteiger partial charge in [-0.2, -0.15) is 0 Å². The van der Waals surface area contributed by atoms with Gasteiger partial charge in [-0.3, -0.25) is 14.4 Å². The van der Waals surface area contributed by atoms with E-state index in [1.165, 1.54) is 244 Å². The fraction of sp³-hybridized carbons (Fsp3) is 0.866. The van der Waals surface area contributed by atoms with Crippen molar-refractivity contribution in [3.8, 4) is 0 Å². The van der Waals surface area contributed by atoms with Gasteiger partial charge in [0.1, 0.15) is 13.2 Å². The summed E-state index contributed by atoms with van der Waals surface area (Å²) in [6.45, 7) is 6.63. The molecule has 0 saturated heterocycles. The van der Waals surface area contributed by atoms with E-state index in [2.05, 4.69) is 57.2 Å². The molecule has 0 aliphatic carbocycles. The molecule has 6 heteroatoms. The smallest absolute Gasteiger partial charge is 0.306 e. The van der Waals surface area contributed by atoms with Crippen molar-refractivity contribution in [1.29, 1.82) is 0 Å². The number of hydrogen-bond donors (Lipinski definition) is 0. The first-order valence-electron chi connectivity index (χ1n) is 32.5. The van der Waals surface area contributed by atoms with E-state index in [4.69, 9.17) is 14.2 Å². The number of allylic oxidation sites excluding steroid dienone is 6. The van der Waals surface area contributed by atoms with Gasteiger partial charge in [0, 0.05) is 19.3 Å². The molecule has 0 aliphatic rings. The molecular weight excluding hydrogens is 901 g/mol. The highest BCUT2D eigenvalue weighted by atomic mass is 16.6. The van der Waals surface area contributed by atoms with Crippen molar-refractivity contribution in [2.75, 3.05) is 13.2 Å². The lowest BCUT2D eigenvalue weighted by Crippen LogP contribution is -2.30. The van der Waals surface area contributed by atoms with Crippen LogP contribution in [0.15, 0.2) is 36.5 Å². The average molecular weight is 1030 g/mol. The number of ether oxygens (including phenoxy) is 3. The highest BCUT2D eigenvalue weighted by Gasteiger charge is 2.19. The molecule has 6 nitrogen and oxygen atoms in total. The van der Waals surface area contributed by atoms with Gasteiger partial charge in [0.25, 0.3) is 0 Å². The lowest BCUT2D eigenvalue weighted by molar-refractivity contribution is -0.167. The molecule has 1 unspecified atom stereocenters. The summed E-state index contributed by atoms with van der Waals surface area (Å²) in [5.41, 5.74) is 0. The Hall–Kier alpha value is -2.37. The Labute approximate surface area is 455 Å². The number of hydrogen-bond acceptors (Lipinski definition) is 6. The van der Waals surface area contributed by atoms with Crippen LogP contribution in [0, 0.1) is 0 Å². The zero-order valence-corrected chi connectivity index (χ0v) is 49.2. The molecule has 0 spiro atoms. The van der Waals surface area contributed by atoms with Gasteiger partial charge in [-0.05, 0) is 57.8 Å². The maximum atomic E-state index is 12.8. The van der Waals surface area contributed by atoms with Crippen molar-refractivity contribution in [3.63, 3.8) is 0 Å². The third kappa shape index (κ3) is 60.4. The molecule has 0 bridgehead atoms. The molecule has 73 heavy (non-hydrogen) atoms. The summed E-state index contributed by atoms with van der Waals surface area (Å²) < 4.78 is 16.8. The van der Waals surface area contributed by atoms with Crippen molar-refractivity contribution >= 4 is 17.9 Å². The van der Waals surface area contributed by atoms with Crippen LogP contribution in [-0.2, 0) is 28.6 Å². The molecule has 0 aromatic carbocycles. The zero-order valence-electron chi connectivity index (χ0n) is 49.2. The summed E-state index contributed by atoms with van der Waals surface area (Å²) in [5.74, 6) is -0.857. The van der Waals surface area contributed by atoms with Gasteiger partial charge >= 0.3 is 17.9 Å². The lowest BCUT2D eigenvalue weighted by Gasteiger charge is -2.18. The van der Waals surface area contributed by atoms with Crippen LogP contribution in [0.4, 0.5) is 0 Å². The Kier molecular flexibility index (Phi) is 60.2. The van der Waals surface area contributed by atoms with Gasteiger partial charge in [-0.1, -0.05) is 314 Å². The number of esters is 3. The second-order valence-corrected chi connectivity index (χ2v) is 22.0. The third-order valence-corrected chi connectivity index (χ3v) is 14.6. The minimum absolute atomic E-state index is 0.0685. The Morgan fingerprint density at radius 3 is 0.767 bits per heavy atom. The normalized spacial score (nSPS) is 12.2. The maximum Gasteiger partial charge on any atom is 0.306 e. The van der Waals surface area contributed by atoms with Crippen molar-refractivity contribution in [2.45, 2.75) is 361 Å². The van der Waals surface area contributed by atoms with Crippen LogP contribution in [0.2, 0.25) is 0 Å². The predicted molar refractivity (Wildman–Crippen MR) is 316 cm³/mol. The van der Waals surface area contributed by atoms with Crippen LogP contribution in [0.1, 0.15) is 355 Å². The van der Waals surface area contributed by atoms with E-state index in [9.17, 15) is 14.4 Å². The van der Waals surface area contributed by atoms with Gasteiger partial charge in [0.15, 0.2) is 6.10 Å². The molecular formula is C67H124O6. The van der Waals surface area contributed by atoms with E-state index in [0.29, 0.717) is 19.3 Å². The van der Waals surface area contributed by atoms with E-state index in [1.807, 2.05) is 0 Å². The van der Waals surface area contributed by atoms with E-state index in [1.54, 1.807) is 0 Å². The summed E-state index contributed by atoms with van der Waals surface area (Å²) in [4.78, 5) is 38.0. The first-order valence-corrected chi connectivity index (χ1v) is 32.5. The Morgan fingerprint density at radius 2 is 0.493 bits per heavy atom. The van der Waals surface area contributed by atoms with Crippen LogP contribution in [0.3, 0.4) is 0 Å². The molecule has 0 aromatic rings. The van der Waals surface area contributed by atoms with E-state index in [-0.39, 0.29) is 31.1 Å². The van der Waals surface area contributed by atoms with Gasteiger partial charge in [0.2, 0.25) is 0 Å². The highest BCUT2D eigenvalue weighted by molar-refractivity contribution is 5.71. The van der Waals surface area contributed by atoms with Crippen LogP contribution in [0.5, 0.6) is 0 Å². The van der Waals surface area contributed by atoms with Crippen molar-refractivity contribution in [2.24, 2.45) is 0 Å². The van der Waals surface area contributed by atoms with Crippen molar-refractivity contribution in [1.82, 2.24) is 0 Å². The summed E-state index contributed by atoms with van der Waals surface area (Å²) in [7, 11) is 0. The van der Waals surface area contributed by atoms with Crippen LogP contribution >= 0.6 is 0 Å². The first kappa shape index (κ1) is 70.6. The lowest BCUT2D eigenvalue weighted by atomic mass is 10.0. The largest absolute Gasteiger partial charge is 0.462 e. The van der Waals surface area contributed by atoms with Crippen molar-refractivity contribution < 1.29 is 28.6 Å². The monoisotopic (exact) mass is 1020 g/mol. The highest BCUT2D eigenvalue weighted by Crippen LogP contribution is 2.18. The SMILES string of the molecule is CCCCCCC/C=C\C/C=C\C/C=C\CCCCCCCCCCCCCCC(=O)OCC(COC(=O)CCCCCCCC)OC(=O)CCCCCCCCCCCCCCCCCCCCCCCC. The summed E-state index contributed by atoms with van der Waals surface area (Å²) in [6.07, 6.45) is 76.2. The van der Waals surface area contributed by atoms with Gasteiger partial charge in [0.05, 0.1) is 0 Å². The van der Waals surface area contributed by atoms with Gasteiger partial charge < -0.3 is 14.2 Å². The average Bonchev–Trinajstić information content (AvgIpc) is 3.39. The quantitative estimate of drug-likeness (QED) is 0.0261. The van der Waals surface area contributed by atoms with Crippen LogP contribution < -0.4 is 0 Å². The zero-order chi connectivity index (χ0) is 52.9. The first-order chi connectivity index (χ1) is 36.0. The molecule has 0 saturated carbocycles. The van der Waals surface area contributed by atoms with E-state index < -0.39 is 6.10 Å². The molecule has 0 heterocycles. The minimum atomic E-state index is -0.767. The second-order valence-electron chi connectivity index (χ2n) is 22.0. The molecule has 1 atom stereocenters. The van der Waals surface area contributed by atoms with Crippen molar-refractivity contribution in [3.05, 3.63) is 36.5 Å². The molecule has 0 N–H and O–H groups in total. The van der Waals surface area contributed by atoms with E-state index in [0.717, 1.165) is 70.6 Å².